The van der Waals surface area contributed by atoms with E-state index < -0.39 is 5.41 Å². The van der Waals surface area contributed by atoms with E-state index in [1.165, 1.54) is 0 Å². The van der Waals surface area contributed by atoms with Crippen molar-refractivity contribution in [1.29, 1.82) is 0 Å². The van der Waals surface area contributed by atoms with Crippen LogP contribution in [0.2, 0.25) is 0 Å². The van der Waals surface area contributed by atoms with Crippen LogP contribution in [0.25, 0.3) is 22.3 Å². The SMILES string of the molecule is CCOC(=O)C1(c2ccc(-c3ccc(-c4cn[nH]c4CC=O)cc3)cc2)CC1. The van der Waals surface area contributed by atoms with Crippen LogP contribution < -0.4 is 0 Å². The second-order valence-electron chi connectivity index (χ2n) is 7.09. The first-order chi connectivity index (χ1) is 13.7. The Morgan fingerprint density at radius 1 is 1.07 bits per heavy atom. The third kappa shape index (κ3) is 3.24. The smallest absolute Gasteiger partial charge is 0.316 e. The van der Waals surface area contributed by atoms with Crippen LogP contribution in [-0.2, 0) is 26.2 Å². The summed E-state index contributed by atoms with van der Waals surface area (Å²) in [5, 5.41) is 6.92. The Morgan fingerprint density at radius 2 is 1.68 bits per heavy atom. The zero-order chi connectivity index (χ0) is 19.6. The number of aldehydes is 1. The molecule has 0 saturated heterocycles. The van der Waals surface area contributed by atoms with E-state index in [1.807, 2.05) is 31.2 Å². The summed E-state index contributed by atoms with van der Waals surface area (Å²) < 4.78 is 5.25. The molecule has 142 valence electrons. The number of carbonyl (C=O) groups excluding carboxylic acids is 2. The van der Waals surface area contributed by atoms with Crippen molar-refractivity contribution >= 4 is 12.3 Å². The van der Waals surface area contributed by atoms with Crippen molar-refractivity contribution in [3.05, 3.63) is 66.0 Å². The minimum Gasteiger partial charge on any atom is -0.465 e. The molecule has 28 heavy (non-hydrogen) atoms. The maximum Gasteiger partial charge on any atom is 0.316 e. The molecule has 2 aromatic carbocycles. The molecule has 5 nitrogen and oxygen atoms in total. The Hall–Kier alpha value is -3.21. The Morgan fingerprint density at radius 3 is 2.25 bits per heavy atom. The van der Waals surface area contributed by atoms with Gasteiger partial charge in [-0.15, -0.1) is 0 Å². The molecule has 1 N–H and O–H groups in total. The Bertz CT molecular complexity index is 983. The molecule has 1 aromatic heterocycles. The average Bonchev–Trinajstić information content (AvgIpc) is 3.42. The van der Waals surface area contributed by atoms with Crippen LogP contribution in [0, 0.1) is 0 Å². The van der Waals surface area contributed by atoms with Crippen LogP contribution in [0.3, 0.4) is 0 Å². The lowest BCUT2D eigenvalue weighted by atomic mass is 9.93. The minimum atomic E-state index is -0.436. The topological polar surface area (TPSA) is 72.0 Å². The largest absolute Gasteiger partial charge is 0.465 e. The normalized spacial score (nSPS) is 14.5. The highest BCUT2D eigenvalue weighted by atomic mass is 16.5. The van der Waals surface area contributed by atoms with Crippen molar-refractivity contribution in [3.63, 3.8) is 0 Å². The summed E-state index contributed by atoms with van der Waals surface area (Å²) in [5.74, 6) is -0.113. The van der Waals surface area contributed by atoms with E-state index in [4.69, 9.17) is 4.74 Å². The third-order valence-electron chi connectivity index (χ3n) is 5.39. The Labute approximate surface area is 163 Å². The summed E-state index contributed by atoms with van der Waals surface area (Å²) in [6, 6.07) is 16.4. The first-order valence-electron chi connectivity index (χ1n) is 9.52. The predicted octanol–water partition coefficient (Wildman–Crippen LogP) is 4.08. The molecule has 0 atom stereocenters. The Kier molecular flexibility index (Phi) is 4.82. The van der Waals surface area contributed by atoms with E-state index in [0.29, 0.717) is 13.0 Å². The molecule has 5 heteroatoms. The van der Waals surface area contributed by atoms with Crippen LogP contribution in [0.4, 0.5) is 0 Å². The van der Waals surface area contributed by atoms with Gasteiger partial charge in [0.1, 0.15) is 6.29 Å². The summed E-state index contributed by atoms with van der Waals surface area (Å²) in [6.45, 7) is 2.25. The lowest BCUT2D eigenvalue weighted by Crippen LogP contribution is -2.23. The molecule has 4 rings (SSSR count). The van der Waals surface area contributed by atoms with Crippen molar-refractivity contribution in [3.8, 4) is 22.3 Å². The Balaban J connectivity index is 1.54. The molecule has 0 aliphatic heterocycles. The van der Waals surface area contributed by atoms with Crippen molar-refractivity contribution in [2.45, 2.75) is 31.6 Å². The molecule has 0 bridgehead atoms. The van der Waals surface area contributed by atoms with Crippen LogP contribution in [0.5, 0.6) is 0 Å². The van der Waals surface area contributed by atoms with E-state index >= 15 is 0 Å². The lowest BCUT2D eigenvalue weighted by Gasteiger charge is -2.14. The number of aromatic amines is 1. The van der Waals surface area contributed by atoms with Crippen molar-refractivity contribution in [1.82, 2.24) is 10.2 Å². The number of hydrogen-bond acceptors (Lipinski definition) is 4. The molecular weight excluding hydrogens is 352 g/mol. The number of rotatable bonds is 7. The fourth-order valence-electron chi connectivity index (χ4n) is 3.63. The van der Waals surface area contributed by atoms with E-state index in [2.05, 4.69) is 34.5 Å². The van der Waals surface area contributed by atoms with E-state index in [9.17, 15) is 9.59 Å². The van der Waals surface area contributed by atoms with Gasteiger partial charge >= 0.3 is 5.97 Å². The van der Waals surface area contributed by atoms with Gasteiger partial charge in [0, 0.05) is 12.0 Å². The van der Waals surface area contributed by atoms with Gasteiger partial charge in [0.25, 0.3) is 0 Å². The standard InChI is InChI=1S/C23H22N2O3/c1-2-28-22(27)23(12-13-23)19-9-7-17(8-10-19)16-3-5-18(6-4-16)20-15-24-25-21(20)11-14-26/h3-10,14-15H,2,11-13H2,1H3,(H,24,25). The van der Waals surface area contributed by atoms with Gasteiger partial charge in [-0.3, -0.25) is 9.89 Å². The van der Waals surface area contributed by atoms with Gasteiger partial charge in [-0.05, 0) is 42.0 Å². The maximum absolute atomic E-state index is 12.3. The van der Waals surface area contributed by atoms with Crippen molar-refractivity contribution < 1.29 is 14.3 Å². The van der Waals surface area contributed by atoms with Crippen LogP contribution in [-0.4, -0.2) is 29.1 Å². The molecule has 0 radical (unpaired) electrons. The summed E-state index contributed by atoms with van der Waals surface area (Å²) >= 11 is 0. The summed E-state index contributed by atoms with van der Waals surface area (Å²) in [7, 11) is 0. The molecule has 1 saturated carbocycles. The zero-order valence-corrected chi connectivity index (χ0v) is 15.8. The second-order valence-corrected chi connectivity index (χ2v) is 7.09. The molecule has 1 fully saturated rings. The monoisotopic (exact) mass is 374 g/mol. The lowest BCUT2D eigenvalue weighted by molar-refractivity contribution is -0.146. The average molecular weight is 374 g/mol. The maximum atomic E-state index is 12.3. The van der Waals surface area contributed by atoms with E-state index in [0.717, 1.165) is 52.6 Å². The first-order valence-corrected chi connectivity index (χ1v) is 9.52. The summed E-state index contributed by atoms with van der Waals surface area (Å²) in [5.41, 5.74) is 5.56. The highest BCUT2D eigenvalue weighted by molar-refractivity contribution is 5.87. The van der Waals surface area contributed by atoms with Gasteiger partial charge in [-0.2, -0.15) is 5.10 Å². The van der Waals surface area contributed by atoms with Gasteiger partial charge in [0.15, 0.2) is 0 Å². The van der Waals surface area contributed by atoms with Crippen molar-refractivity contribution in [2.24, 2.45) is 0 Å². The minimum absolute atomic E-state index is 0.113. The molecule has 0 unspecified atom stereocenters. The zero-order valence-electron chi connectivity index (χ0n) is 15.8. The molecule has 1 aliphatic rings. The summed E-state index contributed by atoms with van der Waals surface area (Å²) in [6.07, 6.45) is 4.64. The van der Waals surface area contributed by atoms with Crippen LogP contribution in [0.1, 0.15) is 31.0 Å². The quantitative estimate of drug-likeness (QED) is 0.500. The van der Waals surface area contributed by atoms with E-state index in [1.54, 1.807) is 6.20 Å². The highest BCUT2D eigenvalue weighted by Gasteiger charge is 2.52. The molecular formula is C23H22N2O3. The predicted molar refractivity (Wildman–Crippen MR) is 107 cm³/mol. The number of nitrogens with one attached hydrogen (secondary N) is 1. The van der Waals surface area contributed by atoms with Crippen LogP contribution >= 0.6 is 0 Å². The summed E-state index contributed by atoms with van der Waals surface area (Å²) in [4.78, 5) is 23.1. The van der Waals surface area contributed by atoms with Gasteiger partial charge in [0.2, 0.25) is 0 Å². The number of H-pyrrole nitrogens is 1. The number of aromatic nitrogens is 2. The van der Waals surface area contributed by atoms with Crippen LogP contribution in [0.15, 0.2) is 54.7 Å². The number of esters is 1. The third-order valence-corrected chi connectivity index (χ3v) is 5.39. The molecule has 1 aliphatic carbocycles. The number of benzene rings is 2. The molecule has 3 aromatic rings. The van der Waals surface area contributed by atoms with Gasteiger partial charge < -0.3 is 9.53 Å². The first kappa shape index (κ1) is 18.2. The fraction of sp³-hybridized carbons (Fsp3) is 0.261. The second kappa shape index (κ2) is 7.43. The number of nitrogens with zero attached hydrogens (tertiary/aromatic N) is 1. The number of carbonyl (C=O) groups is 2. The fourth-order valence-corrected chi connectivity index (χ4v) is 3.63. The number of ether oxygens (including phenoxy) is 1. The molecule has 0 spiro atoms. The molecule has 1 heterocycles. The molecule has 0 amide bonds. The van der Waals surface area contributed by atoms with Gasteiger partial charge in [-0.1, -0.05) is 48.5 Å². The van der Waals surface area contributed by atoms with Gasteiger partial charge in [0.05, 0.1) is 23.9 Å². The highest BCUT2D eigenvalue weighted by Crippen LogP contribution is 2.49. The van der Waals surface area contributed by atoms with E-state index in [-0.39, 0.29) is 5.97 Å². The van der Waals surface area contributed by atoms with Gasteiger partial charge in [-0.25, -0.2) is 0 Å². The van der Waals surface area contributed by atoms with Crippen molar-refractivity contribution in [2.75, 3.05) is 6.61 Å². The number of hydrogen-bond donors (Lipinski definition) is 1.